The number of carboxylic acids is 1. The Labute approximate surface area is 125 Å². The van der Waals surface area contributed by atoms with E-state index in [0.717, 1.165) is 30.6 Å². The van der Waals surface area contributed by atoms with E-state index < -0.39 is 5.97 Å². The summed E-state index contributed by atoms with van der Waals surface area (Å²) in [5.74, 6) is -1.07. The fourth-order valence-electron chi connectivity index (χ4n) is 3.84. The molecular weight excluding hydrogens is 266 g/mol. The van der Waals surface area contributed by atoms with Gasteiger partial charge in [-0.15, -0.1) is 0 Å². The number of carboxylic acid groups (broad SMARTS) is 1. The van der Waals surface area contributed by atoms with E-state index in [9.17, 15) is 9.90 Å². The van der Waals surface area contributed by atoms with E-state index in [1.807, 2.05) is 18.2 Å². The maximum atomic E-state index is 11.5. The topological polar surface area (TPSA) is 49.8 Å². The summed E-state index contributed by atoms with van der Waals surface area (Å²) >= 11 is 0. The maximum Gasteiger partial charge on any atom is 0.311 e. The molecule has 3 atom stereocenters. The molecule has 1 aliphatic heterocycles. The van der Waals surface area contributed by atoms with Crippen LogP contribution in [0.4, 0.5) is 5.69 Å². The summed E-state index contributed by atoms with van der Waals surface area (Å²) in [6.45, 7) is 0.828. The minimum atomic E-state index is -0.708. The second kappa shape index (κ2) is 6.06. The second-order valence-corrected chi connectivity index (χ2v) is 6.11. The molecule has 1 aliphatic carbocycles. The van der Waals surface area contributed by atoms with Crippen LogP contribution in [0.1, 0.15) is 43.6 Å². The van der Waals surface area contributed by atoms with Gasteiger partial charge in [-0.25, -0.2) is 0 Å². The van der Waals surface area contributed by atoms with Crippen molar-refractivity contribution in [3.63, 3.8) is 0 Å². The molecule has 3 rings (SSSR count). The molecule has 4 nitrogen and oxygen atoms in total. The zero-order valence-corrected chi connectivity index (χ0v) is 12.5. The third-order valence-corrected chi connectivity index (χ3v) is 4.95. The Kier molecular flexibility index (Phi) is 4.15. The first-order valence-corrected chi connectivity index (χ1v) is 7.82. The molecule has 1 N–H and O–H groups in total. The SMILES string of the molecule is COC1CCCC(N2CCC(C(=O)O)c3ccccc32)C1. The van der Waals surface area contributed by atoms with Gasteiger partial charge < -0.3 is 14.7 Å². The number of hydrogen-bond donors (Lipinski definition) is 1. The smallest absolute Gasteiger partial charge is 0.311 e. The molecule has 114 valence electrons. The predicted octanol–water partition coefficient (Wildman–Crippen LogP) is 3.02. The first kappa shape index (κ1) is 14.4. The molecule has 3 unspecified atom stereocenters. The van der Waals surface area contributed by atoms with Crippen LogP contribution in [0.2, 0.25) is 0 Å². The summed E-state index contributed by atoms with van der Waals surface area (Å²) in [6.07, 6.45) is 5.58. The highest BCUT2D eigenvalue weighted by Crippen LogP contribution is 2.39. The van der Waals surface area contributed by atoms with E-state index in [1.165, 1.54) is 12.8 Å². The highest BCUT2D eigenvalue weighted by Gasteiger charge is 2.34. The fraction of sp³-hybridized carbons (Fsp3) is 0.588. The minimum absolute atomic E-state index is 0.341. The van der Waals surface area contributed by atoms with Crippen molar-refractivity contribution in [3.05, 3.63) is 29.8 Å². The molecule has 21 heavy (non-hydrogen) atoms. The Morgan fingerprint density at radius 2 is 2.10 bits per heavy atom. The van der Waals surface area contributed by atoms with Crippen LogP contribution in [0.25, 0.3) is 0 Å². The molecule has 1 heterocycles. The maximum absolute atomic E-state index is 11.5. The highest BCUT2D eigenvalue weighted by molar-refractivity contribution is 5.80. The molecule has 1 aromatic carbocycles. The number of nitrogens with zero attached hydrogens (tertiary/aromatic N) is 1. The van der Waals surface area contributed by atoms with Gasteiger partial charge in [0.1, 0.15) is 0 Å². The lowest BCUT2D eigenvalue weighted by Gasteiger charge is -2.42. The van der Waals surface area contributed by atoms with Crippen LogP contribution < -0.4 is 4.90 Å². The van der Waals surface area contributed by atoms with Gasteiger partial charge in [0.05, 0.1) is 12.0 Å². The van der Waals surface area contributed by atoms with Crippen LogP contribution in [0.15, 0.2) is 24.3 Å². The summed E-state index contributed by atoms with van der Waals surface area (Å²) in [4.78, 5) is 13.9. The van der Waals surface area contributed by atoms with Crippen molar-refractivity contribution in [3.8, 4) is 0 Å². The molecule has 2 aliphatic rings. The third-order valence-electron chi connectivity index (χ3n) is 4.95. The molecule has 0 aromatic heterocycles. The molecule has 1 saturated carbocycles. The van der Waals surface area contributed by atoms with E-state index in [1.54, 1.807) is 7.11 Å². The number of aliphatic carboxylic acids is 1. The van der Waals surface area contributed by atoms with E-state index in [0.29, 0.717) is 18.6 Å². The average Bonchev–Trinajstić information content (AvgIpc) is 2.53. The van der Waals surface area contributed by atoms with Crippen LogP contribution in [0.3, 0.4) is 0 Å². The Morgan fingerprint density at radius 1 is 1.29 bits per heavy atom. The van der Waals surface area contributed by atoms with Crippen molar-refractivity contribution in [2.24, 2.45) is 0 Å². The Balaban J connectivity index is 1.87. The van der Waals surface area contributed by atoms with Crippen molar-refractivity contribution >= 4 is 11.7 Å². The van der Waals surface area contributed by atoms with E-state index in [-0.39, 0.29) is 5.92 Å². The van der Waals surface area contributed by atoms with E-state index in [4.69, 9.17) is 4.74 Å². The fourth-order valence-corrected chi connectivity index (χ4v) is 3.84. The second-order valence-electron chi connectivity index (χ2n) is 6.11. The number of fused-ring (bicyclic) bond motifs is 1. The molecular formula is C17H23NO3. The zero-order valence-electron chi connectivity index (χ0n) is 12.5. The summed E-state index contributed by atoms with van der Waals surface area (Å²) in [5.41, 5.74) is 2.08. The number of benzene rings is 1. The van der Waals surface area contributed by atoms with Crippen molar-refractivity contribution in [2.75, 3.05) is 18.6 Å². The van der Waals surface area contributed by atoms with Crippen molar-refractivity contribution in [1.29, 1.82) is 0 Å². The first-order valence-electron chi connectivity index (χ1n) is 7.82. The molecule has 0 bridgehead atoms. The summed E-state index contributed by atoms with van der Waals surface area (Å²) in [7, 11) is 1.79. The third kappa shape index (κ3) is 2.77. The van der Waals surface area contributed by atoms with Gasteiger partial charge in [-0.05, 0) is 43.7 Å². The lowest BCUT2D eigenvalue weighted by atomic mass is 9.85. The average molecular weight is 289 g/mol. The number of methoxy groups -OCH3 is 1. The minimum Gasteiger partial charge on any atom is -0.481 e. The largest absolute Gasteiger partial charge is 0.481 e. The van der Waals surface area contributed by atoms with Crippen LogP contribution in [-0.4, -0.2) is 36.9 Å². The van der Waals surface area contributed by atoms with Gasteiger partial charge in [0.25, 0.3) is 0 Å². The molecule has 4 heteroatoms. The summed E-state index contributed by atoms with van der Waals surface area (Å²) < 4.78 is 5.54. The van der Waals surface area contributed by atoms with Gasteiger partial charge in [0.15, 0.2) is 0 Å². The van der Waals surface area contributed by atoms with Crippen LogP contribution in [0, 0.1) is 0 Å². The van der Waals surface area contributed by atoms with Crippen molar-refractivity contribution in [2.45, 2.75) is 50.2 Å². The molecule has 0 radical (unpaired) electrons. The lowest BCUT2D eigenvalue weighted by Crippen LogP contribution is -2.44. The molecule has 1 aromatic rings. The zero-order chi connectivity index (χ0) is 14.8. The number of carbonyl (C=O) groups is 1. The van der Waals surface area contributed by atoms with Crippen molar-refractivity contribution < 1.29 is 14.6 Å². The number of anilines is 1. The molecule has 0 spiro atoms. The number of ether oxygens (including phenoxy) is 1. The number of rotatable bonds is 3. The Bertz CT molecular complexity index is 517. The summed E-state index contributed by atoms with van der Waals surface area (Å²) in [5, 5.41) is 9.42. The first-order chi connectivity index (χ1) is 10.2. The van der Waals surface area contributed by atoms with Gasteiger partial charge in [-0.2, -0.15) is 0 Å². The monoisotopic (exact) mass is 289 g/mol. The van der Waals surface area contributed by atoms with Crippen LogP contribution >= 0.6 is 0 Å². The Hall–Kier alpha value is -1.55. The van der Waals surface area contributed by atoms with Gasteiger partial charge in [-0.3, -0.25) is 4.79 Å². The normalized spacial score (nSPS) is 29.0. The lowest BCUT2D eigenvalue weighted by molar-refractivity contribution is -0.139. The summed E-state index contributed by atoms with van der Waals surface area (Å²) in [6, 6.07) is 8.46. The van der Waals surface area contributed by atoms with E-state index >= 15 is 0 Å². The standard InChI is InChI=1S/C17H23NO3/c1-21-13-6-4-5-12(11-13)18-10-9-15(17(19)20)14-7-2-3-8-16(14)18/h2-3,7-8,12-13,15H,4-6,9-11H2,1H3,(H,19,20). The molecule has 1 fully saturated rings. The quantitative estimate of drug-likeness (QED) is 0.929. The van der Waals surface area contributed by atoms with Gasteiger partial charge in [0.2, 0.25) is 0 Å². The van der Waals surface area contributed by atoms with Crippen LogP contribution in [0.5, 0.6) is 0 Å². The highest BCUT2D eigenvalue weighted by atomic mass is 16.5. The van der Waals surface area contributed by atoms with Crippen LogP contribution in [-0.2, 0) is 9.53 Å². The predicted molar refractivity (Wildman–Crippen MR) is 81.8 cm³/mol. The van der Waals surface area contributed by atoms with Gasteiger partial charge in [0, 0.05) is 25.4 Å². The van der Waals surface area contributed by atoms with E-state index in [2.05, 4.69) is 11.0 Å². The number of hydrogen-bond acceptors (Lipinski definition) is 3. The molecule has 0 saturated heterocycles. The molecule has 0 amide bonds. The Morgan fingerprint density at radius 3 is 2.86 bits per heavy atom. The van der Waals surface area contributed by atoms with Crippen molar-refractivity contribution in [1.82, 2.24) is 0 Å². The number of para-hydroxylation sites is 1. The van der Waals surface area contributed by atoms with Gasteiger partial charge >= 0.3 is 5.97 Å². The van der Waals surface area contributed by atoms with Gasteiger partial charge in [-0.1, -0.05) is 18.2 Å².